The lowest BCUT2D eigenvalue weighted by molar-refractivity contribution is 0.00667. The lowest BCUT2D eigenvalue weighted by Crippen LogP contribution is -2.45. The molecule has 0 radical (unpaired) electrons. The Bertz CT molecular complexity index is 648. The maximum absolute atomic E-state index is 12.3. The summed E-state index contributed by atoms with van der Waals surface area (Å²) in [5.41, 5.74) is 0.372. The maximum atomic E-state index is 12.3. The molecule has 0 aromatic rings. The van der Waals surface area contributed by atoms with E-state index in [0.717, 1.165) is 50.2 Å². The van der Waals surface area contributed by atoms with Crippen molar-refractivity contribution in [3.63, 3.8) is 0 Å². The third-order valence-corrected chi connectivity index (χ3v) is 9.22. The van der Waals surface area contributed by atoms with Gasteiger partial charge in [-0.25, -0.2) is 9.59 Å². The molecule has 1 spiro atoms. The minimum Gasteiger partial charge on any atom is -0.450 e. The zero-order chi connectivity index (χ0) is 22.0. The van der Waals surface area contributed by atoms with Crippen LogP contribution in [0.1, 0.15) is 78.1 Å². The second-order valence-corrected chi connectivity index (χ2v) is 10.9. The number of nitrogens with zero attached hydrogens (tertiary/aromatic N) is 2. The molecule has 4 atom stereocenters. The highest BCUT2D eigenvalue weighted by molar-refractivity contribution is 5.74. The van der Waals surface area contributed by atoms with Crippen LogP contribution in [0.4, 0.5) is 9.59 Å². The number of rotatable bonds is 4. The number of urea groups is 1. The molecular formula is C25H43N3O3. The molecule has 31 heavy (non-hydrogen) atoms. The Balaban J connectivity index is 1.26. The van der Waals surface area contributed by atoms with Gasteiger partial charge in [-0.1, -0.05) is 19.8 Å². The standard InChI is InChI=1S/C25H43N3O3/c1-4-31-24(30)27-14-12-25(17-27)15-21(16-25)18(2)19-7-5-8-20(11-10-19)22-9-6-13-28(22)23(29)26-3/h18-22H,4-17H2,1-3H3,(H,26,29). The van der Waals surface area contributed by atoms with Crippen molar-refractivity contribution in [3.05, 3.63) is 0 Å². The molecule has 1 N–H and O–H groups in total. The quantitative estimate of drug-likeness (QED) is 0.643. The van der Waals surface area contributed by atoms with Gasteiger partial charge in [0, 0.05) is 32.7 Å². The molecular weight excluding hydrogens is 390 g/mol. The SMILES string of the molecule is CCOC(=O)N1CCC2(CC(C(C)C3CCCC(C4CCCN4C(=O)NC)CC3)C2)C1. The highest BCUT2D eigenvalue weighted by Crippen LogP contribution is 2.56. The van der Waals surface area contributed by atoms with E-state index in [9.17, 15) is 9.59 Å². The van der Waals surface area contributed by atoms with Crippen molar-refractivity contribution in [2.75, 3.05) is 33.3 Å². The van der Waals surface area contributed by atoms with Crippen LogP contribution in [0.5, 0.6) is 0 Å². The lowest BCUT2D eigenvalue weighted by Gasteiger charge is -2.49. The van der Waals surface area contributed by atoms with E-state index in [4.69, 9.17) is 4.74 Å². The van der Waals surface area contributed by atoms with Crippen molar-refractivity contribution in [1.29, 1.82) is 0 Å². The Morgan fingerprint density at radius 2 is 1.87 bits per heavy atom. The molecule has 0 aromatic carbocycles. The number of carbonyl (C=O) groups excluding carboxylic acids is 2. The zero-order valence-corrected chi connectivity index (χ0v) is 19.9. The van der Waals surface area contributed by atoms with Crippen LogP contribution in [0.2, 0.25) is 0 Å². The molecule has 4 fully saturated rings. The summed E-state index contributed by atoms with van der Waals surface area (Å²) in [4.78, 5) is 28.4. The first kappa shape index (κ1) is 22.7. The smallest absolute Gasteiger partial charge is 0.409 e. The molecule has 0 bridgehead atoms. The number of nitrogens with one attached hydrogen (secondary N) is 1. The highest BCUT2D eigenvalue weighted by atomic mass is 16.6. The average molecular weight is 434 g/mol. The number of amides is 3. The summed E-state index contributed by atoms with van der Waals surface area (Å²) in [6.07, 6.45) is 12.5. The second kappa shape index (κ2) is 9.58. The normalized spacial score (nSPS) is 36.7. The summed E-state index contributed by atoms with van der Waals surface area (Å²) in [5.74, 6) is 3.10. The third kappa shape index (κ3) is 4.68. The molecule has 2 aliphatic carbocycles. The first-order valence-electron chi connectivity index (χ1n) is 12.9. The summed E-state index contributed by atoms with van der Waals surface area (Å²) in [7, 11) is 1.75. The van der Waals surface area contributed by atoms with E-state index in [2.05, 4.69) is 17.1 Å². The van der Waals surface area contributed by atoms with Crippen LogP contribution < -0.4 is 5.32 Å². The topological polar surface area (TPSA) is 61.9 Å². The molecule has 0 aromatic heterocycles. The van der Waals surface area contributed by atoms with E-state index >= 15 is 0 Å². The van der Waals surface area contributed by atoms with Crippen molar-refractivity contribution in [1.82, 2.24) is 15.1 Å². The summed E-state index contributed by atoms with van der Waals surface area (Å²) in [6, 6.07) is 0.568. The number of carbonyl (C=O) groups is 2. The van der Waals surface area contributed by atoms with Gasteiger partial charge in [-0.2, -0.15) is 0 Å². The zero-order valence-electron chi connectivity index (χ0n) is 19.9. The highest BCUT2D eigenvalue weighted by Gasteiger charge is 2.51. The van der Waals surface area contributed by atoms with Crippen molar-refractivity contribution >= 4 is 12.1 Å². The van der Waals surface area contributed by atoms with E-state index in [1.165, 1.54) is 51.4 Å². The summed E-state index contributed by atoms with van der Waals surface area (Å²) in [6.45, 7) is 7.53. The Hall–Kier alpha value is -1.46. The van der Waals surface area contributed by atoms with Gasteiger partial charge in [0.25, 0.3) is 0 Å². The number of hydrogen-bond donors (Lipinski definition) is 1. The van der Waals surface area contributed by atoms with Crippen LogP contribution in [0.25, 0.3) is 0 Å². The van der Waals surface area contributed by atoms with E-state index in [1.807, 2.05) is 11.8 Å². The summed E-state index contributed by atoms with van der Waals surface area (Å²) in [5, 5.41) is 2.84. The van der Waals surface area contributed by atoms with E-state index < -0.39 is 0 Å². The first-order chi connectivity index (χ1) is 15.0. The monoisotopic (exact) mass is 433 g/mol. The Kier molecular flexibility index (Phi) is 7.02. The van der Waals surface area contributed by atoms with Crippen LogP contribution in [0.3, 0.4) is 0 Å². The Morgan fingerprint density at radius 1 is 1.06 bits per heavy atom. The van der Waals surface area contributed by atoms with Crippen molar-refractivity contribution in [2.24, 2.45) is 29.1 Å². The van der Waals surface area contributed by atoms with Crippen molar-refractivity contribution in [3.8, 4) is 0 Å². The maximum Gasteiger partial charge on any atom is 0.409 e. The van der Waals surface area contributed by atoms with E-state index in [-0.39, 0.29) is 12.1 Å². The number of hydrogen-bond acceptors (Lipinski definition) is 3. The first-order valence-corrected chi connectivity index (χ1v) is 12.9. The predicted molar refractivity (Wildman–Crippen MR) is 122 cm³/mol. The van der Waals surface area contributed by atoms with Gasteiger partial charge in [-0.05, 0) is 87.4 Å². The van der Waals surface area contributed by atoms with Crippen LogP contribution in [0, 0.1) is 29.1 Å². The van der Waals surface area contributed by atoms with Crippen LogP contribution in [-0.2, 0) is 4.74 Å². The molecule has 176 valence electrons. The lowest BCUT2D eigenvalue weighted by atomic mass is 9.56. The van der Waals surface area contributed by atoms with Crippen LogP contribution in [0.15, 0.2) is 0 Å². The van der Waals surface area contributed by atoms with Gasteiger partial charge < -0.3 is 19.9 Å². The predicted octanol–water partition coefficient (Wildman–Crippen LogP) is 4.88. The van der Waals surface area contributed by atoms with Crippen LogP contribution in [-0.4, -0.2) is 61.3 Å². The van der Waals surface area contributed by atoms with Gasteiger partial charge in [0.1, 0.15) is 0 Å². The van der Waals surface area contributed by atoms with Gasteiger partial charge in [0.2, 0.25) is 0 Å². The minimum absolute atomic E-state index is 0.116. The molecule has 6 nitrogen and oxygen atoms in total. The largest absolute Gasteiger partial charge is 0.450 e. The van der Waals surface area contributed by atoms with Gasteiger partial charge in [-0.3, -0.25) is 0 Å². The number of likely N-dealkylation sites (tertiary alicyclic amines) is 2. The fraction of sp³-hybridized carbons (Fsp3) is 0.920. The van der Waals surface area contributed by atoms with Gasteiger partial charge in [-0.15, -0.1) is 0 Å². The van der Waals surface area contributed by atoms with E-state index in [0.29, 0.717) is 24.0 Å². The molecule has 4 rings (SSSR count). The number of ether oxygens (including phenoxy) is 1. The fourth-order valence-corrected chi connectivity index (χ4v) is 7.40. The summed E-state index contributed by atoms with van der Waals surface area (Å²) < 4.78 is 5.21. The molecule has 4 aliphatic rings. The summed E-state index contributed by atoms with van der Waals surface area (Å²) >= 11 is 0. The third-order valence-electron chi connectivity index (χ3n) is 9.22. The molecule has 2 saturated carbocycles. The van der Waals surface area contributed by atoms with Crippen molar-refractivity contribution in [2.45, 2.75) is 84.1 Å². The molecule has 4 unspecified atom stereocenters. The molecule has 2 heterocycles. The van der Waals surface area contributed by atoms with Gasteiger partial charge in [0.15, 0.2) is 0 Å². The second-order valence-electron chi connectivity index (χ2n) is 10.9. The fourth-order valence-electron chi connectivity index (χ4n) is 7.40. The van der Waals surface area contributed by atoms with Crippen molar-refractivity contribution < 1.29 is 14.3 Å². The van der Waals surface area contributed by atoms with Crippen LogP contribution >= 0.6 is 0 Å². The molecule has 3 amide bonds. The minimum atomic E-state index is -0.122. The Labute approximate surface area is 188 Å². The molecule has 2 aliphatic heterocycles. The Morgan fingerprint density at radius 3 is 2.61 bits per heavy atom. The van der Waals surface area contributed by atoms with E-state index in [1.54, 1.807) is 7.05 Å². The molecule has 2 saturated heterocycles. The molecule has 6 heteroatoms. The van der Waals surface area contributed by atoms with Gasteiger partial charge >= 0.3 is 12.1 Å². The average Bonchev–Trinajstić information content (AvgIpc) is 3.34. The van der Waals surface area contributed by atoms with Gasteiger partial charge in [0.05, 0.1) is 6.61 Å².